The van der Waals surface area contributed by atoms with E-state index in [1.165, 1.54) is 11.1 Å². The van der Waals surface area contributed by atoms with Crippen molar-refractivity contribution in [2.75, 3.05) is 19.4 Å². The maximum Gasteiger partial charge on any atom is 0.259 e. The van der Waals surface area contributed by atoms with Crippen molar-refractivity contribution >= 4 is 11.6 Å². The van der Waals surface area contributed by atoms with Crippen LogP contribution in [0.2, 0.25) is 0 Å². The number of carbonyl (C=O) groups is 1. The maximum atomic E-state index is 11.8. The lowest BCUT2D eigenvalue weighted by Gasteiger charge is -2.14. The normalized spacial score (nSPS) is 9.29. The third-order valence-electron chi connectivity index (χ3n) is 2.02. The molecule has 0 radical (unpaired) electrons. The Labute approximate surface area is 84.0 Å². The number of carbonyl (C=O) groups excluding carboxylic acids is 1. The van der Waals surface area contributed by atoms with Crippen LogP contribution < -0.4 is 5.32 Å². The Balaban J connectivity index is 3.05. The monoisotopic (exact) mass is 190 g/mol. The number of rotatable bonds is 3. The molecular weight excluding hydrogens is 176 g/mol. The zero-order valence-electron chi connectivity index (χ0n) is 8.45. The van der Waals surface area contributed by atoms with Gasteiger partial charge in [0, 0.05) is 19.8 Å². The second-order valence-corrected chi connectivity index (χ2v) is 2.89. The van der Waals surface area contributed by atoms with Gasteiger partial charge in [-0.05, 0) is 18.3 Å². The second-order valence-electron chi connectivity index (χ2n) is 2.89. The summed E-state index contributed by atoms with van der Waals surface area (Å²) in [6, 6.07) is 7.37. The van der Waals surface area contributed by atoms with Crippen LogP contribution in [0.4, 0.5) is 5.69 Å². The predicted octanol–water partition coefficient (Wildman–Crippen LogP) is 1.94. The molecule has 1 aromatic rings. The summed E-state index contributed by atoms with van der Waals surface area (Å²) in [5.41, 5.74) is 1.48. The Bertz CT molecular complexity index is 347. The summed E-state index contributed by atoms with van der Waals surface area (Å²) in [6.45, 7) is 3.55. The van der Waals surface area contributed by atoms with E-state index < -0.39 is 0 Å². The molecule has 0 fully saturated rings. The summed E-state index contributed by atoms with van der Waals surface area (Å²) in [6.07, 6.45) is 1.49. The minimum Gasteiger partial charge on any atom is -0.387 e. The smallest absolute Gasteiger partial charge is 0.259 e. The van der Waals surface area contributed by atoms with Gasteiger partial charge in [-0.25, -0.2) is 0 Å². The fourth-order valence-electron chi connectivity index (χ4n) is 1.16. The van der Waals surface area contributed by atoms with Crippen LogP contribution >= 0.6 is 0 Å². The molecule has 0 saturated heterocycles. The molecule has 3 heteroatoms. The summed E-state index contributed by atoms with van der Waals surface area (Å²) in [5.74, 6) is -0.0649. The number of nitrogens with one attached hydrogen (secondary N) is 1. The molecule has 1 amide bonds. The Hall–Kier alpha value is -1.77. The van der Waals surface area contributed by atoms with E-state index in [0.29, 0.717) is 5.56 Å². The van der Waals surface area contributed by atoms with Crippen LogP contribution in [0.25, 0.3) is 0 Å². The van der Waals surface area contributed by atoms with Crippen molar-refractivity contribution in [2.24, 2.45) is 0 Å². The predicted molar refractivity (Wildman–Crippen MR) is 58.3 cm³/mol. The highest BCUT2D eigenvalue weighted by atomic mass is 16.2. The van der Waals surface area contributed by atoms with Crippen LogP contribution in [-0.2, 0) is 0 Å². The Kier molecular flexibility index (Phi) is 3.29. The van der Waals surface area contributed by atoms with Gasteiger partial charge in [0.1, 0.15) is 0 Å². The SMILES string of the molecule is C=CN(C)C(=O)c1ccccc1NC. The third-order valence-corrected chi connectivity index (χ3v) is 2.02. The fourth-order valence-corrected chi connectivity index (χ4v) is 1.16. The van der Waals surface area contributed by atoms with Crippen LogP contribution in [0.3, 0.4) is 0 Å². The molecule has 1 aromatic carbocycles. The van der Waals surface area contributed by atoms with Crippen LogP contribution in [0.15, 0.2) is 37.0 Å². The van der Waals surface area contributed by atoms with Crippen molar-refractivity contribution < 1.29 is 4.79 Å². The van der Waals surface area contributed by atoms with Crippen molar-refractivity contribution in [3.8, 4) is 0 Å². The summed E-state index contributed by atoms with van der Waals surface area (Å²) in [5, 5.41) is 2.97. The lowest BCUT2D eigenvalue weighted by atomic mass is 10.1. The first-order chi connectivity index (χ1) is 6.70. The van der Waals surface area contributed by atoms with Gasteiger partial charge in [0.15, 0.2) is 0 Å². The van der Waals surface area contributed by atoms with Gasteiger partial charge >= 0.3 is 0 Å². The van der Waals surface area contributed by atoms with Gasteiger partial charge in [0.2, 0.25) is 0 Å². The third kappa shape index (κ3) is 1.93. The topological polar surface area (TPSA) is 32.3 Å². The average Bonchev–Trinajstić information content (AvgIpc) is 2.26. The first-order valence-corrected chi connectivity index (χ1v) is 4.37. The average molecular weight is 190 g/mol. The number of nitrogens with zero attached hydrogens (tertiary/aromatic N) is 1. The van der Waals surface area contributed by atoms with Gasteiger partial charge in [0.25, 0.3) is 5.91 Å². The van der Waals surface area contributed by atoms with Gasteiger partial charge in [-0.2, -0.15) is 0 Å². The highest BCUT2D eigenvalue weighted by molar-refractivity contribution is 5.99. The van der Waals surface area contributed by atoms with E-state index in [4.69, 9.17) is 0 Å². The summed E-state index contributed by atoms with van der Waals surface area (Å²) < 4.78 is 0. The largest absolute Gasteiger partial charge is 0.387 e. The van der Waals surface area contributed by atoms with E-state index >= 15 is 0 Å². The zero-order valence-corrected chi connectivity index (χ0v) is 8.45. The lowest BCUT2D eigenvalue weighted by Crippen LogP contribution is -2.21. The first kappa shape index (κ1) is 10.3. The molecule has 1 rings (SSSR count). The van der Waals surface area contributed by atoms with E-state index in [-0.39, 0.29) is 5.91 Å². The van der Waals surface area contributed by atoms with Crippen LogP contribution in [-0.4, -0.2) is 24.9 Å². The number of benzene rings is 1. The van der Waals surface area contributed by atoms with E-state index in [1.807, 2.05) is 18.2 Å². The summed E-state index contributed by atoms with van der Waals surface area (Å²) in [4.78, 5) is 13.2. The molecule has 0 unspecified atom stereocenters. The molecule has 0 spiro atoms. The van der Waals surface area contributed by atoms with Crippen molar-refractivity contribution in [1.82, 2.24) is 4.90 Å². The van der Waals surface area contributed by atoms with Gasteiger partial charge < -0.3 is 10.2 Å². The van der Waals surface area contributed by atoms with Gasteiger partial charge in [0.05, 0.1) is 5.56 Å². The number of para-hydroxylation sites is 1. The molecule has 74 valence electrons. The zero-order chi connectivity index (χ0) is 10.6. The Morgan fingerprint density at radius 1 is 1.50 bits per heavy atom. The molecule has 0 saturated carbocycles. The highest BCUT2D eigenvalue weighted by Crippen LogP contribution is 2.15. The van der Waals surface area contributed by atoms with Crippen LogP contribution in [0.5, 0.6) is 0 Å². The number of hydrogen-bond acceptors (Lipinski definition) is 2. The molecule has 0 aliphatic rings. The molecule has 3 nitrogen and oxygen atoms in total. The first-order valence-electron chi connectivity index (χ1n) is 4.37. The number of anilines is 1. The molecule has 0 aliphatic carbocycles. The quantitative estimate of drug-likeness (QED) is 0.790. The number of amides is 1. The van der Waals surface area contributed by atoms with E-state index in [2.05, 4.69) is 11.9 Å². The van der Waals surface area contributed by atoms with Crippen molar-refractivity contribution in [3.05, 3.63) is 42.6 Å². The van der Waals surface area contributed by atoms with Crippen molar-refractivity contribution in [2.45, 2.75) is 0 Å². The van der Waals surface area contributed by atoms with E-state index in [0.717, 1.165) is 5.69 Å². The van der Waals surface area contributed by atoms with E-state index in [9.17, 15) is 4.79 Å². The number of hydrogen-bond donors (Lipinski definition) is 1. The van der Waals surface area contributed by atoms with Gasteiger partial charge in [-0.15, -0.1) is 0 Å². The molecule has 0 atom stereocenters. The minimum atomic E-state index is -0.0649. The Morgan fingerprint density at radius 2 is 2.14 bits per heavy atom. The standard InChI is InChI=1S/C11H14N2O/c1-4-13(3)11(14)9-7-5-6-8-10(9)12-2/h4-8,12H,1H2,2-3H3. The van der Waals surface area contributed by atoms with E-state index in [1.54, 1.807) is 20.2 Å². The fraction of sp³-hybridized carbons (Fsp3) is 0.182. The summed E-state index contributed by atoms with van der Waals surface area (Å²) in [7, 11) is 3.47. The molecule has 1 N–H and O–H groups in total. The van der Waals surface area contributed by atoms with Crippen LogP contribution in [0.1, 0.15) is 10.4 Å². The van der Waals surface area contributed by atoms with Gasteiger partial charge in [-0.1, -0.05) is 18.7 Å². The molecule has 0 aliphatic heterocycles. The molecule has 0 bridgehead atoms. The van der Waals surface area contributed by atoms with Crippen LogP contribution in [0, 0.1) is 0 Å². The van der Waals surface area contributed by atoms with Crippen molar-refractivity contribution in [3.63, 3.8) is 0 Å². The molecule has 0 heterocycles. The second kappa shape index (κ2) is 4.46. The molecule has 0 aromatic heterocycles. The molecule has 14 heavy (non-hydrogen) atoms. The molecular formula is C11H14N2O. The lowest BCUT2D eigenvalue weighted by molar-refractivity contribution is 0.0851. The minimum absolute atomic E-state index is 0.0649. The maximum absolute atomic E-state index is 11.8. The Morgan fingerprint density at radius 3 is 2.71 bits per heavy atom. The van der Waals surface area contributed by atoms with Gasteiger partial charge in [-0.3, -0.25) is 4.79 Å². The van der Waals surface area contributed by atoms with Crippen molar-refractivity contribution in [1.29, 1.82) is 0 Å². The summed E-state index contributed by atoms with van der Waals surface area (Å²) >= 11 is 0. The highest BCUT2D eigenvalue weighted by Gasteiger charge is 2.11.